The number of benzene rings is 1. The van der Waals surface area contributed by atoms with Crippen molar-refractivity contribution in [3.05, 3.63) is 29.3 Å². The third-order valence-electron chi connectivity index (χ3n) is 1.10. The van der Waals surface area contributed by atoms with Crippen LogP contribution in [0.5, 0.6) is 0 Å². The van der Waals surface area contributed by atoms with Gasteiger partial charge in [-0.3, -0.25) is 18.9 Å². The van der Waals surface area contributed by atoms with Gasteiger partial charge in [0.15, 0.2) is 0 Å². The van der Waals surface area contributed by atoms with Gasteiger partial charge in [0.1, 0.15) is 0 Å². The van der Waals surface area contributed by atoms with Crippen molar-refractivity contribution in [3.63, 3.8) is 0 Å². The summed E-state index contributed by atoms with van der Waals surface area (Å²) >= 11 is 8.19. The van der Waals surface area contributed by atoms with Crippen LogP contribution in [0.1, 0.15) is 0 Å². The van der Waals surface area contributed by atoms with E-state index in [1.54, 1.807) is 0 Å². The molecule has 0 radical (unpaired) electrons. The van der Waals surface area contributed by atoms with E-state index in [0.29, 0.717) is 0 Å². The van der Waals surface area contributed by atoms with Gasteiger partial charge in [-0.2, -0.15) is 0 Å². The van der Waals surface area contributed by atoms with Crippen molar-refractivity contribution in [2.75, 3.05) is 0 Å². The SMILES string of the molecule is Clc1cccc[c]1[Mg][I]. The largest absolute Gasteiger partial charge is 0.504 e. The summed E-state index contributed by atoms with van der Waals surface area (Å²) in [7, 11) is 0. The molecule has 44 valence electrons. The lowest BCUT2D eigenvalue weighted by atomic mass is 10.4. The fourth-order valence-electron chi connectivity index (χ4n) is 0.607. The van der Waals surface area contributed by atoms with Crippen molar-refractivity contribution in [3.8, 4) is 0 Å². The van der Waals surface area contributed by atoms with Crippen LogP contribution in [0.4, 0.5) is 0 Å². The summed E-state index contributed by atoms with van der Waals surface area (Å²) in [6.07, 6.45) is 0. The zero-order valence-corrected chi connectivity index (χ0v) is 9.10. The number of hydrogen-bond donors (Lipinski definition) is 0. The standard InChI is InChI=1S/C6H4Cl.HI.Mg/c7-6-4-2-1-3-5-6;;/h1-4H;1H;/q;;+1/p-1. The monoisotopic (exact) mass is 262 g/mol. The zero-order valence-electron chi connectivity index (χ0n) is 4.77. The highest BCUT2D eigenvalue weighted by Crippen LogP contribution is 2.03. The van der Waals surface area contributed by atoms with Crippen molar-refractivity contribution in [1.29, 1.82) is 0 Å². The van der Waals surface area contributed by atoms with E-state index in [-0.39, 0.29) is 16.5 Å². The Morgan fingerprint density at radius 2 is 2.00 bits per heavy atom. The van der Waals surface area contributed by atoms with E-state index in [9.17, 15) is 0 Å². The number of rotatable bonds is 1. The van der Waals surface area contributed by atoms with Gasteiger partial charge in [0, 0.05) is 5.02 Å². The fraction of sp³-hybridized carbons (Fsp3) is 0. The molecular weight excluding hydrogens is 259 g/mol. The topological polar surface area (TPSA) is 0 Å². The van der Waals surface area contributed by atoms with Crippen LogP contribution < -0.4 is 3.69 Å². The van der Waals surface area contributed by atoms with E-state index < -0.39 is 0 Å². The van der Waals surface area contributed by atoms with Gasteiger partial charge in [-0.15, -0.1) is 3.69 Å². The molecule has 0 aliphatic rings. The molecule has 0 aliphatic carbocycles. The first-order chi connectivity index (χ1) is 4.34. The molecule has 1 aromatic rings. The summed E-state index contributed by atoms with van der Waals surface area (Å²) in [5, 5.41) is 0.929. The van der Waals surface area contributed by atoms with Crippen LogP contribution in [0.2, 0.25) is 5.02 Å². The molecule has 0 saturated heterocycles. The van der Waals surface area contributed by atoms with Crippen molar-refractivity contribution >= 4 is 50.6 Å². The predicted octanol–water partition coefficient (Wildman–Crippen LogP) is 2.02. The summed E-state index contributed by atoms with van der Waals surface area (Å²) in [4.78, 5) is 0. The van der Waals surface area contributed by atoms with Crippen LogP contribution in [0.15, 0.2) is 24.3 Å². The van der Waals surface area contributed by atoms with E-state index in [2.05, 4.69) is 24.9 Å². The van der Waals surface area contributed by atoms with Gasteiger partial charge in [0.05, 0.1) is 0 Å². The van der Waals surface area contributed by atoms with Crippen molar-refractivity contribution in [2.24, 2.45) is 0 Å². The lowest BCUT2D eigenvalue weighted by molar-refractivity contribution is 1.77. The third-order valence-corrected chi connectivity index (χ3v) is 5.06. The minimum atomic E-state index is -0.0996. The van der Waals surface area contributed by atoms with Crippen molar-refractivity contribution < 1.29 is 0 Å². The first-order valence-electron chi connectivity index (χ1n) is 2.64. The summed E-state index contributed by atoms with van der Waals surface area (Å²) in [6.45, 7) is 0. The molecule has 1 aromatic carbocycles. The van der Waals surface area contributed by atoms with Crippen molar-refractivity contribution in [1.82, 2.24) is 0 Å². The lowest BCUT2D eigenvalue weighted by Gasteiger charge is -1.95. The van der Waals surface area contributed by atoms with E-state index in [1.807, 2.05) is 18.2 Å². The number of hydrogen-bond acceptors (Lipinski definition) is 0. The highest BCUT2D eigenvalue weighted by atomic mass is 127. The molecule has 0 fully saturated rings. The van der Waals surface area contributed by atoms with E-state index in [0.717, 1.165) is 5.02 Å². The second-order valence-corrected chi connectivity index (χ2v) is 5.45. The molecule has 0 atom stereocenters. The third kappa shape index (κ3) is 2.25. The molecule has 0 spiro atoms. The lowest BCUT2D eigenvalue weighted by Crippen LogP contribution is -2.07. The maximum atomic E-state index is 5.85. The smallest absolute Gasteiger partial charge is 0.291 e. The Morgan fingerprint density at radius 1 is 1.33 bits per heavy atom. The molecule has 0 saturated carbocycles. The van der Waals surface area contributed by atoms with E-state index in [4.69, 9.17) is 11.6 Å². The van der Waals surface area contributed by atoms with Crippen molar-refractivity contribution in [2.45, 2.75) is 0 Å². The normalized spacial score (nSPS) is 8.67. The first kappa shape index (κ1) is 8.11. The van der Waals surface area contributed by atoms with Crippen LogP contribution in [0, 0.1) is 0 Å². The van der Waals surface area contributed by atoms with Gasteiger partial charge in [-0.1, -0.05) is 29.8 Å². The van der Waals surface area contributed by atoms with Crippen LogP contribution >= 0.6 is 30.5 Å². The molecule has 0 bridgehead atoms. The Morgan fingerprint density at radius 3 is 2.44 bits per heavy atom. The van der Waals surface area contributed by atoms with Gasteiger partial charge >= 0.3 is 16.5 Å². The fourth-order valence-corrected chi connectivity index (χ4v) is 4.09. The second kappa shape index (κ2) is 4.00. The van der Waals surface area contributed by atoms with Crippen LogP contribution in [0.25, 0.3) is 0 Å². The molecule has 0 aliphatic heterocycles. The molecule has 3 heteroatoms. The molecule has 0 unspecified atom stereocenters. The minimum Gasteiger partial charge on any atom is -0.291 e. The summed E-state index contributed by atoms with van der Waals surface area (Å²) in [5.41, 5.74) is 0. The predicted molar refractivity (Wildman–Crippen MR) is 50.9 cm³/mol. The average molecular weight is 263 g/mol. The molecule has 0 amide bonds. The Kier molecular flexibility index (Phi) is 3.61. The highest BCUT2D eigenvalue weighted by Gasteiger charge is 1.97. The Labute approximate surface area is 79.1 Å². The summed E-state index contributed by atoms with van der Waals surface area (Å²) in [6, 6.07) is 8.04. The number of halogens is 2. The van der Waals surface area contributed by atoms with E-state index >= 15 is 0 Å². The molecule has 0 aromatic heterocycles. The first-order valence-corrected chi connectivity index (χ1v) is 8.83. The van der Waals surface area contributed by atoms with Gasteiger partial charge in [0.2, 0.25) is 0 Å². The maximum Gasteiger partial charge on any atom is 0.504 e. The van der Waals surface area contributed by atoms with Crippen LogP contribution in [-0.4, -0.2) is 16.5 Å². The van der Waals surface area contributed by atoms with E-state index in [1.165, 1.54) is 3.69 Å². The molecule has 0 heterocycles. The van der Waals surface area contributed by atoms with Gasteiger partial charge in [-0.25, -0.2) is 0 Å². The summed E-state index contributed by atoms with van der Waals surface area (Å²) in [5.74, 6) is 0. The Bertz CT molecular complexity index is 202. The Balaban J connectivity index is 3.01. The highest BCUT2D eigenvalue weighted by molar-refractivity contribution is 14.1. The van der Waals surface area contributed by atoms with Crippen LogP contribution in [0.3, 0.4) is 0 Å². The maximum absolute atomic E-state index is 5.85. The van der Waals surface area contributed by atoms with Gasteiger partial charge < -0.3 is 0 Å². The van der Waals surface area contributed by atoms with Gasteiger partial charge in [-0.05, 0) is 6.07 Å². The van der Waals surface area contributed by atoms with Gasteiger partial charge in [0.25, 0.3) is 0 Å². The summed E-state index contributed by atoms with van der Waals surface area (Å²) < 4.78 is 1.35. The molecule has 0 nitrogen and oxygen atoms in total. The second-order valence-electron chi connectivity index (χ2n) is 1.73. The van der Waals surface area contributed by atoms with Crippen LogP contribution in [-0.2, 0) is 0 Å². The zero-order chi connectivity index (χ0) is 6.69. The quantitative estimate of drug-likeness (QED) is 0.537. The molecule has 1 rings (SSSR count). The molecule has 9 heavy (non-hydrogen) atoms. The molecular formula is C6H4ClIMg. The minimum absolute atomic E-state index is 0.0996. The Hall–Kier alpha value is 1.01. The molecule has 0 N–H and O–H groups in total. The average Bonchev–Trinajstić information content (AvgIpc) is 1.89.